The zero-order valence-corrected chi connectivity index (χ0v) is 28.9. The van der Waals surface area contributed by atoms with Gasteiger partial charge in [-0.3, -0.25) is 14.6 Å². The standard InChI is InChI=1S/C40H47FN6O4/c41-38-33(5-3-15-43-38)30-21-34(39(42)44-22-30)40(50)45-35-6-2-8-37(35)51-25-26-9-11-27(12-10-26)28-13-14-32-29(20-28)4-1-7-36(32)47-18-16-46(17-19-47)23-31(49)24-48/h3,5,9-15,20-22,31,35-37,48-49H,1-2,4,6-8,16-19,23-25H2,(H2,42,44)(H,45,50)/t31-,35-,36-,37-/m0/s1. The number of aromatic nitrogens is 2. The van der Waals surface area contributed by atoms with Gasteiger partial charge < -0.3 is 26.0 Å². The summed E-state index contributed by atoms with van der Waals surface area (Å²) in [5.41, 5.74) is 13.3. The number of benzene rings is 2. The van der Waals surface area contributed by atoms with Crippen LogP contribution in [0.5, 0.6) is 0 Å². The second kappa shape index (κ2) is 16.0. The third-order valence-electron chi connectivity index (χ3n) is 10.7. The Morgan fingerprint density at radius 2 is 1.78 bits per heavy atom. The molecule has 5 N–H and O–H groups in total. The number of anilines is 1. The van der Waals surface area contributed by atoms with Crippen molar-refractivity contribution >= 4 is 11.7 Å². The first-order chi connectivity index (χ1) is 24.9. The number of carbonyl (C=O) groups is 1. The van der Waals surface area contributed by atoms with Crippen LogP contribution in [0.4, 0.5) is 10.2 Å². The van der Waals surface area contributed by atoms with Crippen LogP contribution in [0, 0.1) is 5.95 Å². The minimum Gasteiger partial charge on any atom is -0.394 e. The van der Waals surface area contributed by atoms with Crippen molar-refractivity contribution in [1.82, 2.24) is 25.1 Å². The first-order valence-corrected chi connectivity index (χ1v) is 18.1. The second-order valence-electron chi connectivity index (χ2n) is 14.1. The zero-order valence-electron chi connectivity index (χ0n) is 28.9. The van der Waals surface area contributed by atoms with Crippen LogP contribution in [0.2, 0.25) is 0 Å². The molecule has 11 heteroatoms. The molecular formula is C40H47FN6O4. The Bertz CT molecular complexity index is 1820. The van der Waals surface area contributed by atoms with Gasteiger partial charge in [0.2, 0.25) is 5.95 Å². The summed E-state index contributed by atoms with van der Waals surface area (Å²) < 4.78 is 20.6. The van der Waals surface area contributed by atoms with E-state index in [-0.39, 0.29) is 41.6 Å². The Balaban J connectivity index is 0.943. The van der Waals surface area contributed by atoms with Crippen LogP contribution >= 0.6 is 0 Å². The number of ether oxygens (including phenoxy) is 1. The Kier molecular flexibility index (Phi) is 11.0. The Hall–Kier alpha value is -4.26. The third kappa shape index (κ3) is 8.13. The average Bonchev–Trinajstić information content (AvgIpc) is 3.61. The maximum atomic E-state index is 14.3. The van der Waals surface area contributed by atoms with Crippen molar-refractivity contribution in [3.8, 4) is 22.3 Å². The highest BCUT2D eigenvalue weighted by atomic mass is 19.1. The van der Waals surface area contributed by atoms with Crippen molar-refractivity contribution < 1.29 is 24.1 Å². The molecule has 0 unspecified atom stereocenters. The fraction of sp³-hybridized carbons (Fsp3) is 0.425. The number of amides is 1. The summed E-state index contributed by atoms with van der Waals surface area (Å²) in [7, 11) is 0. The average molecular weight is 695 g/mol. The largest absolute Gasteiger partial charge is 0.394 e. The number of aliphatic hydroxyl groups excluding tert-OH is 2. The maximum absolute atomic E-state index is 14.3. The molecule has 1 saturated carbocycles. The van der Waals surface area contributed by atoms with Crippen LogP contribution in [0.3, 0.4) is 0 Å². The van der Waals surface area contributed by atoms with Crippen molar-refractivity contribution in [2.45, 2.75) is 69.4 Å². The third-order valence-corrected chi connectivity index (χ3v) is 10.7. The highest BCUT2D eigenvalue weighted by Crippen LogP contribution is 2.37. The molecule has 1 saturated heterocycles. The van der Waals surface area contributed by atoms with Crippen LogP contribution in [-0.2, 0) is 17.8 Å². The number of rotatable bonds is 11. The van der Waals surface area contributed by atoms with Gasteiger partial charge in [-0.05, 0) is 84.5 Å². The quantitative estimate of drug-likeness (QED) is 0.164. The van der Waals surface area contributed by atoms with E-state index in [1.807, 2.05) is 0 Å². The molecule has 3 aliphatic rings. The van der Waals surface area contributed by atoms with Crippen LogP contribution in [0.1, 0.15) is 65.2 Å². The van der Waals surface area contributed by atoms with E-state index in [1.165, 1.54) is 41.1 Å². The first-order valence-electron chi connectivity index (χ1n) is 18.1. The number of aryl methyl sites for hydroxylation is 1. The lowest BCUT2D eigenvalue weighted by Crippen LogP contribution is -2.50. The van der Waals surface area contributed by atoms with Crippen molar-refractivity contribution in [3.05, 3.63) is 101 Å². The lowest BCUT2D eigenvalue weighted by atomic mass is 9.84. The van der Waals surface area contributed by atoms with Gasteiger partial charge in [-0.1, -0.05) is 42.5 Å². The van der Waals surface area contributed by atoms with E-state index in [4.69, 9.17) is 10.5 Å². The monoisotopic (exact) mass is 694 g/mol. The number of hydrogen-bond donors (Lipinski definition) is 4. The lowest BCUT2D eigenvalue weighted by Gasteiger charge is -2.42. The van der Waals surface area contributed by atoms with Gasteiger partial charge in [0.25, 0.3) is 5.91 Å². The first kappa shape index (κ1) is 35.2. The molecule has 4 atom stereocenters. The molecule has 3 heterocycles. The summed E-state index contributed by atoms with van der Waals surface area (Å²) in [5, 5.41) is 22.1. The molecule has 7 rings (SSSR count). The maximum Gasteiger partial charge on any atom is 0.255 e. The fourth-order valence-corrected chi connectivity index (χ4v) is 7.90. The number of pyridine rings is 2. The van der Waals surface area contributed by atoms with E-state index >= 15 is 0 Å². The van der Waals surface area contributed by atoms with Gasteiger partial charge in [-0.25, -0.2) is 9.97 Å². The van der Waals surface area contributed by atoms with E-state index in [0.717, 1.165) is 63.8 Å². The predicted octanol–water partition coefficient (Wildman–Crippen LogP) is 4.75. The number of nitrogen functional groups attached to an aromatic ring is 1. The molecular weight excluding hydrogens is 647 g/mol. The van der Waals surface area contributed by atoms with Crippen LogP contribution in [0.25, 0.3) is 22.3 Å². The van der Waals surface area contributed by atoms with Gasteiger partial charge in [0.1, 0.15) is 5.82 Å². The molecule has 0 radical (unpaired) electrons. The van der Waals surface area contributed by atoms with Crippen molar-refractivity contribution in [2.75, 3.05) is 45.1 Å². The number of carbonyl (C=O) groups excluding carboxylic acids is 1. The molecule has 2 aliphatic carbocycles. The van der Waals surface area contributed by atoms with Gasteiger partial charge in [0.15, 0.2) is 0 Å². The SMILES string of the molecule is Nc1ncc(-c2cccnc2F)cc1C(=O)N[C@H]1CCC[C@@H]1OCc1ccc(-c2ccc3c(c2)CCC[C@@H]3N2CCN(C[C@H](O)CO)CC2)cc1. The van der Waals surface area contributed by atoms with Gasteiger partial charge >= 0.3 is 0 Å². The molecule has 2 aromatic heterocycles. The predicted molar refractivity (Wildman–Crippen MR) is 194 cm³/mol. The number of nitrogens with one attached hydrogen (secondary N) is 1. The number of halogens is 1. The van der Waals surface area contributed by atoms with Gasteiger partial charge in [0.05, 0.1) is 37.0 Å². The number of fused-ring (bicyclic) bond motifs is 1. The highest BCUT2D eigenvalue weighted by molar-refractivity contribution is 5.99. The van der Waals surface area contributed by atoms with Gasteiger partial charge in [-0.2, -0.15) is 4.39 Å². The van der Waals surface area contributed by atoms with E-state index in [1.54, 1.807) is 18.2 Å². The summed E-state index contributed by atoms with van der Waals surface area (Å²) in [5.74, 6) is -0.907. The molecule has 0 bridgehead atoms. The molecule has 51 heavy (non-hydrogen) atoms. The minimum absolute atomic E-state index is 0.0846. The second-order valence-corrected chi connectivity index (χ2v) is 14.1. The van der Waals surface area contributed by atoms with Gasteiger partial charge in [0, 0.05) is 62.3 Å². The van der Waals surface area contributed by atoms with E-state index < -0.39 is 12.1 Å². The smallest absolute Gasteiger partial charge is 0.255 e. The molecule has 0 spiro atoms. The highest BCUT2D eigenvalue weighted by Gasteiger charge is 2.31. The molecule has 2 fully saturated rings. The lowest BCUT2D eigenvalue weighted by molar-refractivity contribution is 0.0272. The number of aliphatic hydroxyl groups is 2. The zero-order chi connectivity index (χ0) is 35.3. The van der Waals surface area contributed by atoms with Crippen LogP contribution < -0.4 is 11.1 Å². The number of β-amino-alcohol motifs (C(OH)–C–C–N with tert-alkyl or cyclic N) is 1. The van der Waals surface area contributed by atoms with E-state index in [2.05, 4.69) is 67.5 Å². The Labute approximate surface area is 298 Å². The summed E-state index contributed by atoms with van der Waals surface area (Å²) >= 11 is 0. The normalized spacial score (nSPS) is 21.7. The molecule has 2 aromatic carbocycles. The van der Waals surface area contributed by atoms with Crippen molar-refractivity contribution in [2.24, 2.45) is 0 Å². The molecule has 268 valence electrons. The summed E-state index contributed by atoms with van der Waals surface area (Å²) in [6.07, 6.45) is 8.01. The summed E-state index contributed by atoms with van der Waals surface area (Å²) in [4.78, 5) is 26.0. The van der Waals surface area contributed by atoms with Crippen molar-refractivity contribution in [1.29, 1.82) is 0 Å². The van der Waals surface area contributed by atoms with Crippen LogP contribution in [-0.4, -0.2) is 93.5 Å². The molecule has 4 aromatic rings. The minimum atomic E-state index is -0.672. The Morgan fingerprint density at radius 3 is 2.57 bits per heavy atom. The van der Waals surface area contributed by atoms with E-state index in [9.17, 15) is 19.4 Å². The number of nitrogens with zero attached hydrogens (tertiary/aromatic N) is 4. The summed E-state index contributed by atoms with van der Waals surface area (Å²) in [6.45, 7) is 4.53. The fourth-order valence-electron chi connectivity index (χ4n) is 7.90. The van der Waals surface area contributed by atoms with E-state index in [0.29, 0.717) is 24.8 Å². The number of nitrogens with two attached hydrogens (primary N) is 1. The Morgan fingerprint density at radius 1 is 0.980 bits per heavy atom. The summed E-state index contributed by atoms with van der Waals surface area (Å²) in [6, 6.07) is 20.5. The van der Waals surface area contributed by atoms with Crippen molar-refractivity contribution in [3.63, 3.8) is 0 Å². The van der Waals surface area contributed by atoms with Gasteiger partial charge in [-0.15, -0.1) is 0 Å². The molecule has 1 amide bonds. The number of hydrogen-bond acceptors (Lipinski definition) is 9. The number of piperazine rings is 1. The van der Waals surface area contributed by atoms with Crippen LogP contribution in [0.15, 0.2) is 73.1 Å². The topological polar surface area (TPSA) is 137 Å². The molecule has 10 nitrogen and oxygen atoms in total. The molecule has 1 aliphatic heterocycles.